The molecule has 2 heterocycles. The third kappa shape index (κ3) is 2.97. The molecule has 0 aliphatic carbocycles. The van der Waals surface area contributed by atoms with Crippen molar-refractivity contribution in [2.45, 2.75) is 46.3 Å². The van der Waals surface area contributed by atoms with E-state index in [0.29, 0.717) is 18.9 Å². The maximum Gasteiger partial charge on any atom is 0.410 e. The summed E-state index contributed by atoms with van der Waals surface area (Å²) in [4.78, 5) is 18.0. The first kappa shape index (κ1) is 13.6. The van der Waals surface area contributed by atoms with E-state index >= 15 is 0 Å². The van der Waals surface area contributed by atoms with Crippen LogP contribution in [0.4, 0.5) is 10.6 Å². The van der Waals surface area contributed by atoms with Gasteiger partial charge in [-0.25, -0.2) is 9.78 Å². The Labute approximate surface area is 113 Å². The average Bonchev–Trinajstić information content (AvgIpc) is 2.31. The van der Waals surface area contributed by atoms with Gasteiger partial charge in [-0.2, -0.15) is 0 Å². The lowest BCUT2D eigenvalue weighted by Crippen LogP contribution is -2.40. The standard InChI is InChI=1S/C14H21N3O2/c1-9-11-8-17(13(18)19-14(2,3)4)6-5-10(11)7-16-12(9)15/h7H,5-6,8H2,1-4H3,(H2,15,16). The summed E-state index contributed by atoms with van der Waals surface area (Å²) in [5, 5.41) is 0. The number of nitrogen functional groups attached to an aromatic ring is 1. The van der Waals surface area contributed by atoms with Crippen LogP contribution in [0.25, 0.3) is 0 Å². The number of carbonyl (C=O) groups is 1. The molecule has 1 amide bonds. The molecule has 0 radical (unpaired) electrons. The van der Waals surface area contributed by atoms with Crippen molar-refractivity contribution in [3.05, 3.63) is 22.9 Å². The summed E-state index contributed by atoms with van der Waals surface area (Å²) in [5.74, 6) is 0.532. The lowest BCUT2D eigenvalue weighted by Gasteiger charge is -2.32. The molecule has 0 fully saturated rings. The molecule has 104 valence electrons. The first-order valence-electron chi connectivity index (χ1n) is 6.48. The molecule has 0 aromatic carbocycles. The van der Waals surface area contributed by atoms with E-state index in [1.165, 1.54) is 5.56 Å². The monoisotopic (exact) mass is 263 g/mol. The molecule has 5 heteroatoms. The number of amides is 1. The minimum Gasteiger partial charge on any atom is -0.444 e. The van der Waals surface area contributed by atoms with Crippen LogP contribution < -0.4 is 5.73 Å². The minimum absolute atomic E-state index is 0.270. The minimum atomic E-state index is -0.469. The van der Waals surface area contributed by atoms with Crippen molar-refractivity contribution >= 4 is 11.9 Å². The molecule has 1 aliphatic heterocycles. The second-order valence-corrected chi connectivity index (χ2v) is 5.92. The normalized spacial score (nSPS) is 15.1. The smallest absolute Gasteiger partial charge is 0.410 e. The quantitative estimate of drug-likeness (QED) is 0.779. The summed E-state index contributed by atoms with van der Waals surface area (Å²) < 4.78 is 5.40. The summed E-state index contributed by atoms with van der Waals surface area (Å²) in [7, 11) is 0. The topological polar surface area (TPSA) is 68.5 Å². The summed E-state index contributed by atoms with van der Waals surface area (Å²) in [6.45, 7) is 8.76. The third-order valence-corrected chi connectivity index (χ3v) is 3.24. The Hall–Kier alpha value is -1.78. The summed E-state index contributed by atoms with van der Waals surface area (Å²) >= 11 is 0. The second kappa shape index (κ2) is 4.72. The largest absolute Gasteiger partial charge is 0.444 e. The van der Waals surface area contributed by atoms with Gasteiger partial charge in [-0.05, 0) is 50.8 Å². The van der Waals surface area contributed by atoms with Gasteiger partial charge in [0.2, 0.25) is 0 Å². The van der Waals surface area contributed by atoms with E-state index in [2.05, 4.69) is 4.98 Å². The van der Waals surface area contributed by atoms with E-state index in [4.69, 9.17) is 10.5 Å². The van der Waals surface area contributed by atoms with Crippen molar-refractivity contribution in [1.82, 2.24) is 9.88 Å². The number of aromatic nitrogens is 1. The molecule has 0 atom stereocenters. The van der Waals surface area contributed by atoms with Crippen LogP contribution >= 0.6 is 0 Å². The second-order valence-electron chi connectivity index (χ2n) is 5.92. The Kier molecular flexibility index (Phi) is 3.39. The molecule has 0 bridgehead atoms. The van der Waals surface area contributed by atoms with Crippen LogP contribution in [0.3, 0.4) is 0 Å². The number of fused-ring (bicyclic) bond motifs is 1. The fraction of sp³-hybridized carbons (Fsp3) is 0.571. The van der Waals surface area contributed by atoms with Crippen molar-refractivity contribution in [1.29, 1.82) is 0 Å². The number of nitrogens with zero attached hydrogens (tertiary/aromatic N) is 2. The average molecular weight is 263 g/mol. The zero-order valence-corrected chi connectivity index (χ0v) is 12.0. The van der Waals surface area contributed by atoms with Gasteiger partial charge in [0.15, 0.2) is 0 Å². The van der Waals surface area contributed by atoms with Crippen LogP contribution in [-0.2, 0) is 17.7 Å². The number of hydrogen-bond acceptors (Lipinski definition) is 4. The number of rotatable bonds is 0. The lowest BCUT2D eigenvalue weighted by atomic mass is 9.98. The molecule has 1 aromatic heterocycles. The molecule has 1 aromatic rings. The molecule has 5 nitrogen and oxygen atoms in total. The number of carbonyl (C=O) groups excluding carboxylic acids is 1. The Morgan fingerprint density at radius 1 is 1.47 bits per heavy atom. The SMILES string of the molecule is Cc1c(N)ncc2c1CN(C(=O)OC(C)(C)C)CC2. The lowest BCUT2D eigenvalue weighted by molar-refractivity contribution is 0.0223. The molecular weight excluding hydrogens is 242 g/mol. The Morgan fingerprint density at radius 2 is 2.16 bits per heavy atom. The Balaban J connectivity index is 2.18. The molecule has 2 rings (SSSR count). The van der Waals surface area contributed by atoms with E-state index in [1.807, 2.05) is 33.9 Å². The Morgan fingerprint density at radius 3 is 2.79 bits per heavy atom. The third-order valence-electron chi connectivity index (χ3n) is 3.24. The molecule has 0 saturated carbocycles. The van der Waals surface area contributed by atoms with Crippen molar-refractivity contribution in [3.63, 3.8) is 0 Å². The van der Waals surface area contributed by atoms with E-state index in [-0.39, 0.29) is 6.09 Å². The summed E-state index contributed by atoms with van der Waals surface area (Å²) in [6, 6.07) is 0. The van der Waals surface area contributed by atoms with Gasteiger partial charge >= 0.3 is 6.09 Å². The molecule has 19 heavy (non-hydrogen) atoms. The van der Waals surface area contributed by atoms with E-state index in [0.717, 1.165) is 17.5 Å². The maximum absolute atomic E-state index is 12.1. The Bertz CT molecular complexity index is 506. The van der Waals surface area contributed by atoms with Crippen LogP contribution in [-0.4, -0.2) is 28.1 Å². The highest BCUT2D eigenvalue weighted by Gasteiger charge is 2.26. The van der Waals surface area contributed by atoms with Crippen molar-refractivity contribution in [2.75, 3.05) is 12.3 Å². The van der Waals surface area contributed by atoms with Crippen LogP contribution in [0.1, 0.15) is 37.5 Å². The zero-order chi connectivity index (χ0) is 14.2. The molecular formula is C14H21N3O2. The zero-order valence-electron chi connectivity index (χ0n) is 12.0. The predicted molar refractivity (Wildman–Crippen MR) is 73.7 cm³/mol. The number of ether oxygens (including phenoxy) is 1. The van der Waals surface area contributed by atoms with Gasteiger partial charge in [0.25, 0.3) is 0 Å². The summed E-state index contributed by atoms with van der Waals surface area (Å²) in [6.07, 6.45) is 2.33. The van der Waals surface area contributed by atoms with Crippen molar-refractivity contribution in [3.8, 4) is 0 Å². The number of nitrogens with two attached hydrogens (primary N) is 1. The first-order valence-corrected chi connectivity index (χ1v) is 6.48. The van der Waals surface area contributed by atoms with Crippen LogP contribution in [0.5, 0.6) is 0 Å². The molecule has 0 unspecified atom stereocenters. The fourth-order valence-corrected chi connectivity index (χ4v) is 2.16. The summed E-state index contributed by atoms with van der Waals surface area (Å²) in [5.41, 5.74) is 8.59. The highest BCUT2D eigenvalue weighted by molar-refractivity contribution is 5.69. The van der Waals surface area contributed by atoms with E-state index in [1.54, 1.807) is 4.90 Å². The first-order chi connectivity index (χ1) is 8.78. The van der Waals surface area contributed by atoms with Gasteiger partial charge in [0, 0.05) is 19.3 Å². The van der Waals surface area contributed by atoms with E-state index < -0.39 is 5.60 Å². The van der Waals surface area contributed by atoms with Crippen LogP contribution in [0, 0.1) is 6.92 Å². The number of hydrogen-bond donors (Lipinski definition) is 1. The van der Waals surface area contributed by atoms with Gasteiger partial charge in [0.1, 0.15) is 11.4 Å². The maximum atomic E-state index is 12.1. The van der Waals surface area contributed by atoms with Gasteiger partial charge < -0.3 is 15.4 Å². The van der Waals surface area contributed by atoms with Crippen molar-refractivity contribution in [2.24, 2.45) is 0 Å². The van der Waals surface area contributed by atoms with Crippen LogP contribution in [0.15, 0.2) is 6.20 Å². The molecule has 0 saturated heterocycles. The van der Waals surface area contributed by atoms with Crippen LogP contribution in [0.2, 0.25) is 0 Å². The number of anilines is 1. The van der Waals surface area contributed by atoms with Gasteiger partial charge in [0.05, 0.1) is 0 Å². The highest BCUT2D eigenvalue weighted by Crippen LogP contribution is 2.25. The molecule has 2 N–H and O–H groups in total. The highest BCUT2D eigenvalue weighted by atomic mass is 16.6. The van der Waals surface area contributed by atoms with Gasteiger partial charge in [-0.15, -0.1) is 0 Å². The molecule has 0 spiro atoms. The van der Waals surface area contributed by atoms with Gasteiger partial charge in [-0.3, -0.25) is 0 Å². The fourth-order valence-electron chi connectivity index (χ4n) is 2.16. The van der Waals surface area contributed by atoms with E-state index in [9.17, 15) is 4.79 Å². The molecule has 1 aliphatic rings. The number of pyridine rings is 1. The van der Waals surface area contributed by atoms with Gasteiger partial charge in [-0.1, -0.05) is 0 Å². The van der Waals surface area contributed by atoms with Crippen molar-refractivity contribution < 1.29 is 9.53 Å². The predicted octanol–water partition coefficient (Wildman–Crippen LogP) is 2.27.